The van der Waals surface area contributed by atoms with Gasteiger partial charge in [0, 0.05) is 5.56 Å². The molecule has 3 aromatic rings. The van der Waals surface area contributed by atoms with Gasteiger partial charge in [-0.1, -0.05) is 16.8 Å². The number of methoxy groups -OCH3 is 1. The molecule has 0 aliphatic carbocycles. The number of aromatic nitrogens is 3. The van der Waals surface area contributed by atoms with Crippen molar-refractivity contribution in [2.24, 2.45) is 0 Å². The van der Waals surface area contributed by atoms with E-state index in [0.29, 0.717) is 10.7 Å². The Balaban J connectivity index is 1.93. The number of hydrogen-bond donors (Lipinski definition) is 1. The second-order valence-corrected chi connectivity index (χ2v) is 4.89. The zero-order chi connectivity index (χ0) is 14.8. The fraction of sp³-hybridized carbons (Fsp3) is 0.0667. The maximum absolute atomic E-state index is 5.92. The minimum absolute atomic E-state index is 0.510. The van der Waals surface area contributed by atoms with Gasteiger partial charge >= 0.3 is 0 Å². The van der Waals surface area contributed by atoms with E-state index in [4.69, 9.17) is 22.1 Å². The Morgan fingerprint density at radius 1 is 1.14 bits per heavy atom. The smallest absolute Gasteiger partial charge is 0.118 e. The summed E-state index contributed by atoms with van der Waals surface area (Å²) in [4.78, 5) is 0. The molecule has 0 saturated carbocycles. The number of ether oxygens (including phenoxy) is 1. The quantitative estimate of drug-likeness (QED) is 0.754. The molecule has 5 nitrogen and oxygen atoms in total. The highest BCUT2D eigenvalue weighted by molar-refractivity contribution is 6.33. The highest BCUT2D eigenvalue weighted by atomic mass is 35.5. The van der Waals surface area contributed by atoms with Crippen LogP contribution in [0.3, 0.4) is 0 Å². The zero-order valence-electron chi connectivity index (χ0n) is 11.3. The first-order chi connectivity index (χ1) is 10.2. The third kappa shape index (κ3) is 2.68. The molecule has 0 radical (unpaired) electrons. The normalized spacial score (nSPS) is 10.6. The van der Waals surface area contributed by atoms with Crippen LogP contribution in [0.15, 0.2) is 48.7 Å². The van der Waals surface area contributed by atoms with Gasteiger partial charge in [-0.05, 0) is 42.5 Å². The first kappa shape index (κ1) is 13.5. The molecule has 0 aliphatic heterocycles. The molecule has 3 rings (SSSR count). The molecule has 0 unspecified atom stereocenters. The molecule has 0 bridgehead atoms. The van der Waals surface area contributed by atoms with E-state index in [1.807, 2.05) is 36.5 Å². The molecule has 1 aromatic heterocycles. The van der Waals surface area contributed by atoms with Gasteiger partial charge < -0.3 is 10.5 Å². The topological polar surface area (TPSA) is 66.0 Å². The molecule has 21 heavy (non-hydrogen) atoms. The van der Waals surface area contributed by atoms with Crippen LogP contribution in [0, 0.1) is 0 Å². The molecule has 0 spiro atoms. The summed E-state index contributed by atoms with van der Waals surface area (Å²) < 4.78 is 6.80. The second-order valence-electron chi connectivity index (χ2n) is 4.48. The average molecular weight is 301 g/mol. The van der Waals surface area contributed by atoms with Crippen molar-refractivity contribution >= 4 is 17.3 Å². The summed E-state index contributed by atoms with van der Waals surface area (Å²) in [5, 5.41) is 8.80. The summed E-state index contributed by atoms with van der Waals surface area (Å²) in [6.45, 7) is 0. The van der Waals surface area contributed by atoms with Gasteiger partial charge in [-0.15, -0.1) is 5.10 Å². The Morgan fingerprint density at radius 2 is 1.90 bits per heavy atom. The predicted molar refractivity (Wildman–Crippen MR) is 82.8 cm³/mol. The van der Waals surface area contributed by atoms with Crippen molar-refractivity contribution in [1.82, 2.24) is 15.0 Å². The number of halogens is 1. The van der Waals surface area contributed by atoms with Crippen LogP contribution in [0.2, 0.25) is 5.02 Å². The summed E-state index contributed by atoms with van der Waals surface area (Å²) in [5.74, 6) is 0.802. The molecule has 1 heterocycles. The molecule has 0 aliphatic rings. The summed E-state index contributed by atoms with van der Waals surface area (Å²) in [7, 11) is 1.64. The van der Waals surface area contributed by atoms with E-state index in [1.165, 1.54) is 0 Å². The maximum atomic E-state index is 5.92. The third-order valence-electron chi connectivity index (χ3n) is 3.12. The first-order valence-corrected chi connectivity index (χ1v) is 6.67. The van der Waals surface area contributed by atoms with Crippen LogP contribution in [0.5, 0.6) is 5.75 Å². The minimum Gasteiger partial charge on any atom is -0.497 e. The van der Waals surface area contributed by atoms with Crippen molar-refractivity contribution in [3.63, 3.8) is 0 Å². The Morgan fingerprint density at radius 3 is 2.57 bits per heavy atom. The maximum Gasteiger partial charge on any atom is 0.118 e. The molecule has 6 heteroatoms. The van der Waals surface area contributed by atoms with Gasteiger partial charge in [-0.25, -0.2) is 4.68 Å². The summed E-state index contributed by atoms with van der Waals surface area (Å²) in [6, 6.07) is 13.0. The van der Waals surface area contributed by atoms with Crippen LogP contribution in [0.25, 0.3) is 16.9 Å². The van der Waals surface area contributed by atoms with Gasteiger partial charge in [0.25, 0.3) is 0 Å². The Labute approximate surface area is 126 Å². The molecular formula is C15H13ClN4O. The number of nitrogens with zero attached hydrogens (tertiary/aromatic N) is 3. The Hall–Kier alpha value is -2.53. The van der Waals surface area contributed by atoms with E-state index in [-0.39, 0.29) is 0 Å². The van der Waals surface area contributed by atoms with Crippen LogP contribution >= 0.6 is 11.6 Å². The summed E-state index contributed by atoms with van der Waals surface area (Å²) >= 11 is 5.92. The number of nitrogens with two attached hydrogens (primary N) is 1. The van der Waals surface area contributed by atoms with Crippen molar-refractivity contribution in [3.8, 4) is 22.7 Å². The van der Waals surface area contributed by atoms with Crippen molar-refractivity contribution < 1.29 is 4.74 Å². The lowest BCUT2D eigenvalue weighted by Gasteiger charge is -2.03. The van der Waals surface area contributed by atoms with E-state index in [2.05, 4.69) is 10.3 Å². The highest BCUT2D eigenvalue weighted by Crippen LogP contribution is 2.24. The molecule has 0 saturated heterocycles. The van der Waals surface area contributed by atoms with E-state index in [0.717, 1.165) is 22.7 Å². The minimum atomic E-state index is 0.510. The number of hydrogen-bond acceptors (Lipinski definition) is 4. The summed E-state index contributed by atoms with van der Waals surface area (Å²) in [6.07, 6.45) is 1.84. The largest absolute Gasteiger partial charge is 0.497 e. The van der Waals surface area contributed by atoms with Gasteiger partial charge in [-0.2, -0.15) is 0 Å². The Kier molecular flexibility index (Phi) is 3.50. The second kappa shape index (κ2) is 5.46. The van der Waals surface area contributed by atoms with Crippen LogP contribution in [0.4, 0.5) is 5.69 Å². The van der Waals surface area contributed by atoms with Crippen LogP contribution < -0.4 is 10.5 Å². The van der Waals surface area contributed by atoms with Crippen molar-refractivity contribution in [3.05, 3.63) is 53.7 Å². The fourth-order valence-corrected chi connectivity index (χ4v) is 2.08. The fourth-order valence-electron chi connectivity index (χ4n) is 1.96. The van der Waals surface area contributed by atoms with E-state index >= 15 is 0 Å². The zero-order valence-corrected chi connectivity index (χ0v) is 12.1. The van der Waals surface area contributed by atoms with Crippen molar-refractivity contribution in [1.29, 1.82) is 0 Å². The van der Waals surface area contributed by atoms with E-state index in [1.54, 1.807) is 23.9 Å². The molecule has 0 amide bonds. The third-order valence-corrected chi connectivity index (χ3v) is 3.47. The molecular weight excluding hydrogens is 288 g/mol. The van der Waals surface area contributed by atoms with Gasteiger partial charge in [0.05, 0.1) is 29.7 Å². The molecule has 0 atom stereocenters. The SMILES string of the molecule is COc1ccc(-c2cn(-c3ccc(Cl)c(N)c3)nn2)cc1. The van der Waals surface area contributed by atoms with Gasteiger partial charge in [-0.3, -0.25) is 0 Å². The number of benzene rings is 2. The number of anilines is 1. The van der Waals surface area contributed by atoms with Crippen LogP contribution in [0.1, 0.15) is 0 Å². The monoisotopic (exact) mass is 300 g/mol. The predicted octanol–water partition coefficient (Wildman–Crippen LogP) is 3.18. The lowest BCUT2D eigenvalue weighted by molar-refractivity contribution is 0.415. The number of nitrogen functional groups attached to an aromatic ring is 1. The van der Waals surface area contributed by atoms with Gasteiger partial charge in [0.1, 0.15) is 11.4 Å². The Bertz CT molecular complexity index is 768. The molecule has 0 fully saturated rings. The van der Waals surface area contributed by atoms with E-state index < -0.39 is 0 Å². The molecule has 2 N–H and O–H groups in total. The number of rotatable bonds is 3. The standard InChI is InChI=1S/C15H13ClN4O/c1-21-12-5-2-10(3-6-12)15-9-20(19-18-15)11-4-7-13(16)14(17)8-11/h2-9H,17H2,1H3. The van der Waals surface area contributed by atoms with Crippen molar-refractivity contribution in [2.75, 3.05) is 12.8 Å². The average Bonchev–Trinajstić information content (AvgIpc) is 3.00. The molecule has 2 aromatic carbocycles. The summed E-state index contributed by atoms with van der Waals surface area (Å²) in [5.41, 5.74) is 8.85. The van der Waals surface area contributed by atoms with Crippen molar-refractivity contribution in [2.45, 2.75) is 0 Å². The first-order valence-electron chi connectivity index (χ1n) is 6.29. The highest BCUT2D eigenvalue weighted by Gasteiger charge is 2.07. The van der Waals surface area contributed by atoms with Gasteiger partial charge in [0.15, 0.2) is 0 Å². The van der Waals surface area contributed by atoms with E-state index in [9.17, 15) is 0 Å². The molecule has 106 valence electrons. The van der Waals surface area contributed by atoms with Crippen LogP contribution in [-0.4, -0.2) is 22.1 Å². The lowest BCUT2D eigenvalue weighted by atomic mass is 10.1. The van der Waals surface area contributed by atoms with Crippen LogP contribution in [-0.2, 0) is 0 Å². The lowest BCUT2D eigenvalue weighted by Crippen LogP contribution is -1.96. The van der Waals surface area contributed by atoms with Gasteiger partial charge in [0.2, 0.25) is 0 Å².